The van der Waals surface area contributed by atoms with Crippen LogP contribution in [0.2, 0.25) is 0 Å². The SMILES string of the molecule is CC1CCNC(CNC2CCC(C)(C)C2)C1. The smallest absolute Gasteiger partial charge is 0.0195 e. The summed E-state index contributed by atoms with van der Waals surface area (Å²) < 4.78 is 0. The maximum absolute atomic E-state index is 3.76. The Morgan fingerprint density at radius 3 is 2.75 bits per heavy atom. The molecule has 2 aliphatic rings. The van der Waals surface area contributed by atoms with Crippen molar-refractivity contribution in [2.75, 3.05) is 13.1 Å². The summed E-state index contributed by atoms with van der Waals surface area (Å²) in [6.07, 6.45) is 6.82. The molecule has 2 rings (SSSR count). The van der Waals surface area contributed by atoms with Gasteiger partial charge in [-0.2, -0.15) is 0 Å². The second-order valence-electron chi connectivity index (χ2n) is 6.79. The van der Waals surface area contributed by atoms with E-state index in [0.717, 1.165) is 12.0 Å². The zero-order chi connectivity index (χ0) is 11.6. The zero-order valence-electron chi connectivity index (χ0n) is 11.2. The van der Waals surface area contributed by atoms with Crippen molar-refractivity contribution in [1.82, 2.24) is 10.6 Å². The topological polar surface area (TPSA) is 24.1 Å². The molecule has 2 N–H and O–H groups in total. The van der Waals surface area contributed by atoms with E-state index in [-0.39, 0.29) is 0 Å². The lowest BCUT2D eigenvalue weighted by Crippen LogP contribution is -2.46. The van der Waals surface area contributed by atoms with Gasteiger partial charge in [-0.3, -0.25) is 0 Å². The molecule has 3 atom stereocenters. The van der Waals surface area contributed by atoms with Gasteiger partial charge in [0, 0.05) is 18.6 Å². The Bertz CT molecular complexity index is 223. The van der Waals surface area contributed by atoms with Gasteiger partial charge in [-0.25, -0.2) is 0 Å². The van der Waals surface area contributed by atoms with Gasteiger partial charge in [-0.15, -0.1) is 0 Å². The van der Waals surface area contributed by atoms with Crippen LogP contribution in [0.3, 0.4) is 0 Å². The van der Waals surface area contributed by atoms with Gasteiger partial charge >= 0.3 is 0 Å². The second-order valence-corrected chi connectivity index (χ2v) is 6.79. The molecular formula is C14H28N2. The quantitative estimate of drug-likeness (QED) is 0.770. The Labute approximate surface area is 101 Å². The van der Waals surface area contributed by atoms with E-state index in [1.807, 2.05) is 0 Å². The highest BCUT2D eigenvalue weighted by molar-refractivity contribution is 4.88. The Morgan fingerprint density at radius 1 is 1.31 bits per heavy atom. The molecule has 0 aromatic heterocycles. The maximum Gasteiger partial charge on any atom is 0.0195 e. The molecule has 0 radical (unpaired) electrons. The molecule has 0 aromatic carbocycles. The Morgan fingerprint density at radius 2 is 2.12 bits per heavy atom. The predicted molar refractivity (Wildman–Crippen MR) is 69.6 cm³/mol. The molecule has 1 saturated heterocycles. The van der Waals surface area contributed by atoms with Crippen LogP contribution in [-0.4, -0.2) is 25.2 Å². The van der Waals surface area contributed by atoms with Gasteiger partial charge in [0.1, 0.15) is 0 Å². The van der Waals surface area contributed by atoms with Gasteiger partial charge in [0.2, 0.25) is 0 Å². The molecule has 0 aromatic rings. The average molecular weight is 224 g/mol. The highest BCUT2D eigenvalue weighted by Crippen LogP contribution is 2.36. The molecule has 1 aliphatic heterocycles. The summed E-state index contributed by atoms with van der Waals surface area (Å²) in [7, 11) is 0. The fourth-order valence-electron chi connectivity index (χ4n) is 3.30. The van der Waals surface area contributed by atoms with Gasteiger partial charge in [0.25, 0.3) is 0 Å². The fourth-order valence-corrected chi connectivity index (χ4v) is 3.30. The number of hydrogen-bond donors (Lipinski definition) is 2. The first-order valence-electron chi connectivity index (χ1n) is 7.02. The minimum Gasteiger partial charge on any atom is -0.313 e. The van der Waals surface area contributed by atoms with Crippen LogP contribution in [0.1, 0.15) is 52.9 Å². The van der Waals surface area contributed by atoms with E-state index < -0.39 is 0 Å². The molecule has 0 bridgehead atoms. The van der Waals surface area contributed by atoms with Crippen molar-refractivity contribution in [3.8, 4) is 0 Å². The fraction of sp³-hybridized carbons (Fsp3) is 1.00. The first-order valence-corrected chi connectivity index (χ1v) is 7.02. The van der Waals surface area contributed by atoms with Crippen molar-refractivity contribution >= 4 is 0 Å². The number of hydrogen-bond acceptors (Lipinski definition) is 2. The van der Waals surface area contributed by atoms with Gasteiger partial charge in [0.15, 0.2) is 0 Å². The lowest BCUT2D eigenvalue weighted by Gasteiger charge is -2.29. The van der Waals surface area contributed by atoms with Crippen molar-refractivity contribution in [3.05, 3.63) is 0 Å². The molecule has 2 nitrogen and oxygen atoms in total. The highest BCUT2D eigenvalue weighted by Gasteiger charge is 2.31. The number of piperidine rings is 1. The third-order valence-electron chi connectivity index (χ3n) is 4.38. The average Bonchev–Trinajstić information content (AvgIpc) is 2.56. The summed E-state index contributed by atoms with van der Waals surface area (Å²) in [5, 5.41) is 7.40. The summed E-state index contributed by atoms with van der Waals surface area (Å²) in [4.78, 5) is 0. The first-order chi connectivity index (χ1) is 7.55. The van der Waals surface area contributed by atoms with Crippen molar-refractivity contribution in [2.45, 2.75) is 65.0 Å². The third-order valence-corrected chi connectivity index (χ3v) is 4.38. The van der Waals surface area contributed by atoms with Crippen LogP contribution >= 0.6 is 0 Å². The molecule has 2 heteroatoms. The summed E-state index contributed by atoms with van der Waals surface area (Å²) in [5.41, 5.74) is 0.574. The molecular weight excluding hydrogens is 196 g/mol. The largest absolute Gasteiger partial charge is 0.313 e. The van der Waals surface area contributed by atoms with E-state index in [2.05, 4.69) is 31.4 Å². The predicted octanol–water partition coefficient (Wildman–Crippen LogP) is 2.54. The molecule has 2 fully saturated rings. The summed E-state index contributed by atoms with van der Waals surface area (Å²) in [6, 6.07) is 1.49. The van der Waals surface area contributed by atoms with Crippen LogP contribution in [0.15, 0.2) is 0 Å². The molecule has 0 spiro atoms. The van der Waals surface area contributed by atoms with Crippen LogP contribution in [0.4, 0.5) is 0 Å². The minimum absolute atomic E-state index is 0.574. The summed E-state index contributed by atoms with van der Waals surface area (Å²) in [6.45, 7) is 9.56. The number of rotatable bonds is 3. The van der Waals surface area contributed by atoms with Gasteiger partial charge in [-0.05, 0) is 50.0 Å². The van der Waals surface area contributed by atoms with Crippen molar-refractivity contribution in [3.63, 3.8) is 0 Å². The highest BCUT2D eigenvalue weighted by atomic mass is 15.0. The van der Waals surface area contributed by atoms with E-state index in [0.29, 0.717) is 11.5 Å². The van der Waals surface area contributed by atoms with Crippen molar-refractivity contribution in [2.24, 2.45) is 11.3 Å². The Balaban J connectivity index is 1.68. The Kier molecular flexibility index (Phi) is 3.91. The van der Waals surface area contributed by atoms with E-state index in [1.165, 1.54) is 45.2 Å². The second kappa shape index (κ2) is 5.05. The molecule has 94 valence electrons. The lowest BCUT2D eigenvalue weighted by atomic mass is 9.91. The first kappa shape index (κ1) is 12.4. The van der Waals surface area contributed by atoms with Gasteiger partial charge in [0.05, 0.1) is 0 Å². The van der Waals surface area contributed by atoms with E-state index >= 15 is 0 Å². The minimum atomic E-state index is 0.574. The molecule has 16 heavy (non-hydrogen) atoms. The lowest BCUT2D eigenvalue weighted by molar-refractivity contribution is 0.297. The van der Waals surface area contributed by atoms with Crippen LogP contribution in [-0.2, 0) is 0 Å². The normalized spacial score (nSPS) is 38.8. The van der Waals surface area contributed by atoms with E-state index in [1.54, 1.807) is 0 Å². The third kappa shape index (κ3) is 3.46. The van der Waals surface area contributed by atoms with Gasteiger partial charge < -0.3 is 10.6 Å². The van der Waals surface area contributed by atoms with Crippen molar-refractivity contribution < 1.29 is 0 Å². The van der Waals surface area contributed by atoms with E-state index in [4.69, 9.17) is 0 Å². The molecule has 1 aliphatic carbocycles. The maximum atomic E-state index is 3.76. The van der Waals surface area contributed by atoms with Crippen LogP contribution in [0, 0.1) is 11.3 Å². The van der Waals surface area contributed by atoms with Crippen LogP contribution in [0.25, 0.3) is 0 Å². The number of nitrogens with one attached hydrogen (secondary N) is 2. The standard InChI is InChI=1S/C14H28N2/c1-11-5-7-15-13(8-11)10-16-12-4-6-14(2,3)9-12/h11-13,15-16H,4-10H2,1-3H3. The monoisotopic (exact) mass is 224 g/mol. The Hall–Kier alpha value is -0.0800. The summed E-state index contributed by atoms with van der Waals surface area (Å²) >= 11 is 0. The van der Waals surface area contributed by atoms with Crippen molar-refractivity contribution in [1.29, 1.82) is 0 Å². The van der Waals surface area contributed by atoms with Gasteiger partial charge in [-0.1, -0.05) is 20.8 Å². The molecule has 1 saturated carbocycles. The van der Waals surface area contributed by atoms with Crippen LogP contribution < -0.4 is 10.6 Å². The molecule has 1 heterocycles. The summed E-state index contributed by atoms with van der Waals surface area (Å²) in [5.74, 6) is 0.910. The van der Waals surface area contributed by atoms with Crippen LogP contribution in [0.5, 0.6) is 0 Å². The zero-order valence-corrected chi connectivity index (χ0v) is 11.2. The van der Waals surface area contributed by atoms with E-state index in [9.17, 15) is 0 Å². The molecule has 0 amide bonds. The molecule has 3 unspecified atom stereocenters.